The number of hydrogen-bond acceptors (Lipinski definition) is 3. The molecule has 0 saturated carbocycles. The van der Waals surface area contributed by atoms with Crippen molar-refractivity contribution in [1.82, 2.24) is 10.3 Å². The molecule has 27 heavy (non-hydrogen) atoms. The van der Waals surface area contributed by atoms with E-state index in [-0.39, 0.29) is 11.9 Å². The first kappa shape index (κ1) is 17.2. The van der Waals surface area contributed by atoms with Crippen LogP contribution in [0.2, 0.25) is 0 Å². The molecular weight excluding hydrogens is 334 g/mol. The summed E-state index contributed by atoms with van der Waals surface area (Å²) in [5.74, 6) is -0.199. The fourth-order valence-corrected chi connectivity index (χ4v) is 3.52. The number of rotatable bonds is 4. The average molecular weight is 355 g/mol. The molecule has 3 N–H and O–H groups in total. The molecule has 0 aliphatic heterocycles. The second-order valence-corrected chi connectivity index (χ2v) is 6.68. The van der Waals surface area contributed by atoms with Crippen molar-refractivity contribution < 1.29 is 4.79 Å². The molecule has 0 radical (unpaired) electrons. The van der Waals surface area contributed by atoms with Crippen LogP contribution in [0.15, 0.2) is 72.9 Å². The lowest BCUT2D eigenvalue weighted by Crippen LogP contribution is -2.27. The zero-order valence-corrected chi connectivity index (χ0v) is 15.1. The predicted molar refractivity (Wildman–Crippen MR) is 109 cm³/mol. The molecule has 4 heteroatoms. The van der Waals surface area contributed by atoms with E-state index in [1.165, 1.54) is 10.8 Å². The molecule has 1 atom stereocenters. The van der Waals surface area contributed by atoms with Gasteiger partial charge in [-0.2, -0.15) is 0 Å². The molecule has 0 unspecified atom stereocenters. The van der Waals surface area contributed by atoms with Gasteiger partial charge in [0.1, 0.15) is 5.69 Å². The quantitative estimate of drug-likeness (QED) is 0.535. The number of nitrogens with zero attached hydrogens (tertiary/aromatic N) is 1. The molecule has 4 nitrogen and oxygen atoms in total. The smallest absolute Gasteiger partial charge is 0.270 e. The number of carbonyl (C=O) groups excluding carboxylic acids is 1. The van der Waals surface area contributed by atoms with E-state index in [9.17, 15) is 4.79 Å². The molecule has 1 amide bonds. The van der Waals surface area contributed by atoms with Crippen LogP contribution in [0, 0.1) is 0 Å². The van der Waals surface area contributed by atoms with Crippen LogP contribution in [-0.4, -0.2) is 10.9 Å². The third-order valence-electron chi connectivity index (χ3n) is 4.91. The highest BCUT2D eigenvalue weighted by atomic mass is 16.1. The van der Waals surface area contributed by atoms with Crippen LogP contribution in [-0.2, 0) is 6.54 Å². The van der Waals surface area contributed by atoms with Crippen LogP contribution in [0.1, 0.15) is 34.6 Å². The molecule has 4 aromatic rings. The summed E-state index contributed by atoms with van der Waals surface area (Å²) in [5.41, 5.74) is 8.03. The summed E-state index contributed by atoms with van der Waals surface area (Å²) in [4.78, 5) is 16.9. The summed E-state index contributed by atoms with van der Waals surface area (Å²) in [7, 11) is 0. The minimum absolute atomic E-state index is 0.157. The summed E-state index contributed by atoms with van der Waals surface area (Å²) < 4.78 is 0. The van der Waals surface area contributed by atoms with E-state index in [0.29, 0.717) is 12.2 Å². The summed E-state index contributed by atoms with van der Waals surface area (Å²) in [5, 5.41) is 7.79. The number of amides is 1. The highest BCUT2D eigenvalue weighted by Crippen LogP contribution is 2.31. The molecule has 1 heterocycles. The number of pyridine rings is 1. The van der Waals surface area contributed by atoms with Crippen LogP contribution >= 0.6 is 0 Å². The number of carbonyl (C=O) groups is 1. The molecule has 134 valence electrons. The van der Waals surface area contributed by atoms with Gasteiger partial charge in [-0.25, -0.2) is 0 Å². The molecule has 0 fully saturated rings. The van der Waals surface area contributed by atoms with Crippen molar-refractivity contribution in [1.29, 1.82) is 0 Å². The lowest BCUT2D eigenvalue weighted by molar-refractivity contribution is 0.0935. The second kappa shape index (κ2) is 7.17. The fourth-order valence-electron chi connectivity index (χ4n) is 3.52. The Bertz CT molecular complexity index is 1140. The monoisotopic (exact) mass is 355 g/mol. The van der Waals surface area contributed by atoms with Gasteiger partial charge in [-0.05, 0) is 57.8 Å². The van der Waals surface area contributed by atoms with Crippen molar-refractivity contribution >= 4 is 27.5 Å². The fraction of sp³-hybridized carbons (Fsp3) is 0.130. The van der Waals surface area contributed by atoms with E-state index in [4.69, 9.17) is 5.73 Å². The molecule has 0 saturated heterocycles. The lowest BCUT2D eigenvalue weighted by atomic mass is 9.94. The first-order chi connectivity index (χ1) is 13.2. The zero-order chi connectivity index (χ0) is 18.8. The normalized spacial score (nSPS) is 12.2. The van der Waals surface area contributed by atoms with Gasteiger partial charge in [0.25, 0.3) is 5.91 Å². The summed E-state index contributed by atoms with van der Waals surface area (Å²) in [6, 6.07) is 22.2. The number of benzene rings is 3. The van der Waals surface area contributed by atoms with E-state index in [0.717, 1.165) is 21.9 Å². The van der Waals surface area contributed by atoms with Gasteiger partial charge in [-0.3, -0.25) is 9.78 Å². The maximum absolute atomic E-state index is 12.7. The van der Waals surface area contributed by atoms with E-state index in [1.807, 2.05) is 31.2 Å². The minimum Gasteiger partial charge on any atom is -0.344 e. The molecular formula is C23H21N3O. The van der Waals surface area contributed by atoms with Crippen molar-refractivity contribution in [3.8, 4) is 0 Å². The molecule has 0 aliphatic rings. The predicted octanol–water partition coefficient (Wildman–Crippen LogP) is 4.34. The van der Waals surface area contributed by atoms with Crippen molar-refractivity contribution in [2.24, 2.45) is 5.73 Å². The first-order valence-corrected chi connectivity index (χ1v) is 9.03. The maximum atomic E-state index is 12.7. The standard InChI is InChI=1S/C23H21N3O/c1-15(26-23(27)22-12-16(14-24)10-11-25-22)21-13-17-6-2-3-7-18(17)19-8-4-5-9-20(19)21/h2-13,15H,14,24H2,1H3,(H,26,27)/t15-/m0/s1. The summed E-state index contributed by atoms with van der Waals surface area (Å²) in [6.45, 7) is 2.38. The Balaban J connectivity index is 1.73. The zero-order valence-electron chi connectivity index (χ0n) is 15.1. The van der Waals surface area contributed by atoms with E-state index >= 15 is 0 Å². The topological polar surface area (TPSA) is 68.0 Å². The van der Waals surface area contributed by atoms with Gasteiger partial charge in [0.15, 0.2) is 0 Å². The van der Waals surface area contributed by atoms with Crippen LogP contribution in [0.5, 0.6) is 0 Å². The number of nitrogens with one attached hydrogen (secondary N) is 1. The largest absolute Gasteiger partial charge is 0.344 e. The van der Waals surface area contributed by atoms with Crippen molar-refractivity contribution in [2.75, 3.05) is 0 Å². The Morgan fingerprint density at radius 2 is 1.70 bits per heavy atom. The van der Waals surface area contributed by atoms with Crippen LogP contribution in [0.25, 0.3) is 21.5 Å². The Hall–Kier alpha value is -3.24. The molecule has 1 aromatic heterocycles. The highest BCUT2D eigenvalue weighted by molar-refractivity contribution is 6.09. The first-order valence-electron chi connectivity index (χ1n) is 9.03. The molecule has 0 aliphatic carbocycles. The molecule has 4 rings (SSSR count). The maximum Gasteiger partial charge on any atom is 0.270 e. The Morgan fingerprint density at radius 3 is 2.48 bits per heavy atom. The van der Waals surface area contributed by atoms with Gasteiger partial charge >= 0.3 is 0 Å². The molecule has 0 spiro atoms. The van der Waals surface area contributed by atoms with Crippen LogP contribution < -0.4 is 11.1 Å². The SMILES string of the molecule is C[C@H](NC(=O)c1cc(CN)ccn1)c1cc2ccccc2c2ccccc12. The third-order valence-corrected chi connectivity index (χ3v) is 4.91. The van der Waals surface area contributed by atoms with Crippen molar-refractivity contribution in [3.05, 3.63) is 89.7 Å². The minimum atomic E-state index is -0.199. The van der Waals surface area contributed by atoms with Crippen molar-refractivity contribution in [3.63, 3.8) is 0 Å². The second-order valence-electron chi connectivity index (χ2n) is 6.68. The van der Waals surface area contributed by atoms with Gasteiger partial charge in [-0.1, -0.05) is 48.5 Å². The third kappa shape index (κ3) is 3.27. The number of hydrogen-bond donors (Lipinski definition) is 2. The molecule has 3 aromatic carbocycles. The number of aromatic nitrogens is 1. The van der Waals surface area contributed by atoms with E-state index in [1.54, 1.807) is 12.3 Å². The Labute approximate surface area is 158 Å². The summed E-state index contributed by atoms with van der Waals surface area (Å²) in [6.07, 6.45) is 1.62. The van der Waals surface area contributed by atoms with E-state index < -0.39 is 0 Å². The number of nitrogens with two attached hydrogens (primary N) is 1. The van der Waals surface area contributed by atoms with Crippen molar-refractivity contribution in [2.45, 2.75) is 19.5 Å². The van der Waals surface area contributed by atoms with Gasteiger partial charge < -0.3 is 11.1 Å². The van der Waals surface area contributed by atoms with E-state index in [2.05, 4.69) is 46.7 Å². The van der Waals surface area contributed by atoms with Gasteiger partial charge in [-0.15, -0.1) is 0 Å². The van der Waals surface area contributed by atoms with Gasteiger partial charge in [0.05, 0.1) is 6.04 Å². The average Bonchev–Trinajstić information content (AvgIpc) is 2.73. The number of fused-ring (bicyclic) bond motifs is 3. The molecule has 0 bridgehead atoms. The van der Waals surface area contributed by atoms with Crippen LogP contribution in [0.4, 0.5) is 0 Å². The Kier molecular flexibility index (Phi) is 4.57. The Morgan fingerprint density at radius 1 is 1.00 bits per heavy atom. The lowest BCUT2D eigenvalue weighted by Gasteiger charge is -2.18. The van der Waals surface area contributed by atoms with Gasteiger partial charge in [0, 0.05) is 12.7 Å². The summed E-state index contributed by atoms with van der Waals surface area (Å²) >= 11 is 0. The highest BCUT2D eigenvalue weighted by Gasteiger charge is 2.16. The van der Waals surface area contributed by atoms with Crippen LogP contribution in [0.3, 0.4) is 0 Å². The van der Waals surface area contributed by atoms with Gasteiger partial charge in [0.2, 0.25) is 0 Å².